The van der Waals surface area contributed by atoms with E-state index in [1.165, 1.54) is 0 Å². The van der Waals surface area contributed by atoms with Gasteiger partial charge in [-0.2, -0.15) is 0 Å². The predicted octanol–water partition coefficient (Wildman–Crippen LogP) is 1.15. The molecule has 0 saturated carbocycles. The number of nitrogens with one attached hydrogen (secondary N) is 1. The first-order valence-electron chi connectivity index (χ1n) is 6.80. The van der Waals surface area contributed by atoms with Gasteiger partial charge in [0.2, 0.25) is 0 Å². The molecule has 1 N–H and O–H groups in total. The molecule has 1 aliphatic rings. The van der Waals surface area contributed by atoms with Crippen molar-refractivity contribution >= 4 is 17.8 Å². The van der Waals surface area contributed by atoms with Crippen molar-refractivity contribution < 1.29 is 19.2 Å². The van der Waals surface area contributed by atoms with Gasteiger partial charge in [0.25, 0.3) is 11.8 Å². The van der Waals surface area contributed by atoms with Crippen LogP contribution >= 0.6 is 0 Å². The van der Waals surface area contributed by atoms with E-state index in [4.69, 9.17) is 4.84 Å². The number of hydrogen-bond acceptors (Lipinski definition) is 5. The Bertz CT molecular complexity index is 326. The minimum Gasteiger partial charge on any atom is -0.330 e. The summed E-state index contributed by atoms with van der Waals surface area (Å²) in [6, 6.07) is 0.470. The number of nitrogens with zero attached hydrogens (tertiary/aromatic N) is 1. The standard InChI is InChI=1S/C13H22N2O4/c1-10(2)14-9-5-3-4-6-13(18)19-15-11(16)7-8-12(15)17/h10,14H,3-9H2,1-2H3. The minimum absolute atomic E-state index is 0.132. The minimum atomic E-state index is -0.514. The number of hydrogen-bond donors (Lipinski definition) is 1. The van der Waals surface area contributed by atoms with Crippen LogP contribution in [-0.2, 0) is 19.2 Å². The van der Waals surface area contributed by atoms with Crippen LogP contribution in [0, 0.1) is 0 Å². The largest absolute Gasteiger partial charge is 0.333 e. The smallest absolute Gasteiger partial charge is 0.330 e. The molecular formula is C13H22N2O4. The summed E-state index contributed by atoms with van der Waals surface area (Å²) in [7, 11) is 0. The van der Waals surface area contributed by atoms with Gasteiger partial charge >= 0.3 is 5.97 Å². The Morgan fingerprint density at radius 1 is 1.21 bits per heavy atom. The summed E-state index contributed by atoms with van der Waals surface area (Å²) in [6.07, 6.45) is 3.11. The lowest BCUT2D eigenvalue weighted by molar-refractivity contribution is -0.197. The summed E-state index contributed by atoms with van der Waals surface area (Å²) in [6.45, 7) is 5.10. The molecule has 108 valence electrons. The molecule has 0 aliphatic carbocycles. The quantitative estimate of drug-likeness (QED) is 0.529. The second kappa shape index (κ2) is 7.89. The van der Waals surface area contributed by atoms with E-state index in [9.17, 15) is 14.4 Å². The van der Waals surface area contributed by atoms with Crippen molar-refractivity contribution in [1.82, 2.24) is 10.4 Å². The van der Waals surface area contributed by atoms with Crippen molar-refractivity contribution in [3.63, 3.8) is 0 Å². The van der Waals surface area contributed by atoms with E-state index in [2.05, 4.69) is 19.2 Å². The van der Waals surface area contributed by atoms with Gasteiger partial charge in [0, 0.05) is 25.3 Å². The molecule has 0 bridgehead atoms. The van der Waals surface area contributed by atoms with E-state index in [1.54, 1.807) is 0 Å². The Hall–Kier alpha value is -1.43. The van der Waals surface area contributed by atoms with Crippen molar-refractivity contribution in [2.75, 3.05) is 6.54 Å². The fourth-order valence-corrected chi connectivity index (χ4v) is 1.77. The van der Waals surface area contributed by atoms with Gasteiger partial charge in [0.1, 0.15) is 0 Å². The Kier molecular flexibility index (Phi) is 6.49. The molecule has 0 radical (unpaired) electrons. The number of carbonyl (C=O) groups is 3. The Balaban J connectivity index is 2.08. The number of imide groups is 1. The summed E-state index contributed by atoms with van der Waals surface area (Å²) in [5.74, 6) is -1.38. The molecule has 19 heavy (non-hydrogen) atoms. The average Bonchev–Trinajstić information content (AvgIpc) is 2.65. The molecule has 0 aromatic heterocycles. The van der Waals surface area contributed by atoms with Crippen LogP contribution in [0.15, 0.2) is 0 Å². The molecule has 0 spiro atoms. The van der Waals surface area contributed by atoms with Crippen LogP contribution < -0.4 is 5.32 Å². The molecule has 0 aromatic carbocycles. The third-order valence-electron chi connectivity index (χ3n) is 2.81. The van der Waals surface area contributed by atoms with Crippen LogP contribution in [0.4, 0.5) is 0 Å². The number of hydroxylamine groups is 2. The lowest BCUT2D eigenvalue weighted by atomic mass is 10.2. The van der Waals surface area contributed by atoms with Gasteiger partial charge in [-0.05, 0) is 19.4 Å². The maximum atomic E-state index is 11.4. The number of carbonyl (C=O) groups excluding carboxylic acids is 3. The molecule has 1 saturated heterocycles. The maximum absolute atomic E-state index is 11.4. The van der Waals surface area contributed by atoms with Gasteiger partial charge in [-0.15, -0.1) is 5.06 Å². The summed E-state index contributed by atoms with van der Waals surface area (Å²) < 4.78 is 0. The van der Waals surface area contributed by atoms with Crippen molar-refractivity contribution in [3.05, 3.63) is 0 Å². The van der Waals surface area contributed by atoms with Crippen LogP contribution in [0.5, 0.6) is 0 Å². The first-order chi connectivity index (χ1) is 9.00. The van der Waals surface area contributed by atoms with Crippen molar-refractivity contribution in [3.8, 4) is 0 Å². The van der Waals surface area contributed by atoms with E-state index in [0.29, 0.717) is 17.5 Å². The summed E-state index contributed by atoms with van der Waals surface area (Å²) in [4.78, 5) is 38.6. The van der Waals surface area contributed by atoms with E-state index < -0.39 is 17.8 Å². The lowest BCUT2D eigenvalue weighted by Gasteiger charge is -2.12. The van der Waals surface area contributed by atoms with Gasteiger partial charge in [-0.3, -0.25) is 9.59 Å². The molecule has 1 aliphatic heterocycles. The highest BCUT2D eigenvalue weighted by Crippen LogP contribution is 2.13. The van der Waals surface area contributed by atoms with Crippen LogP contribution in [-0.4, -0.2) is 35.4 Å². The molecule has 0 aromatic rings. The Morgan fingerprint density at radius 3 is 2.42 bits per heavy atom. The summed E-state index contributed by atoms with van der Waals surface area (Å²) >= 11 is 0. The highest BCUT2D eigenvalue weighted by molar-refractivity contribution is 6.01. The highest BCUT2D eigenvalue weighted by Gasteiger charge is 2.32. The number of rotatable bonds is 8. The second-order valence-electron chi connectivity index (χ2n) is 4.96. The first kappa shape index (κ1) is 15.6. The Morgan fingerprint density at radius 2 is 1.84 bits per heavy atom. The Labute approximate surface area is 113 Å². The van der Waals surface area contributed by atoms with Crippen molar-refractivity contribution in [2.45, 2.75) is 58.4 Å². The van der Waals surface area contributed by atoms with Crippen LogP contribution in [0.2, 0.25) is 0 Å². The third kappa shape index (κ3) is 5.83. The third-order valence-corrected chi connectivity index (χ3v) is 2.81. The van der Waals surface area contributed by atoms with Crippen molar-refractivity contribution in [2.24, 2.45) is 0 Å². The fourth-order valence-electron chi connectivity index (χ4n) is 1.77. The molecule has 6 nitrogen and oxygen atoms in total. The molecule has 1 heterocycles. The van der Waals surface area contributed by atoms with E-state index in [-0.39, 0.29) is 19.3 Å². The molecule has 0 unspecified atom stereocenters. The van der Waals surface area contributed by atoms with Gasteiger partial charge < -0.3 is 10.2 Å². The summed E-state index contributed by atoms with van der Waals surface area (Å²) in [5.41, 5.74) is 0. The predicted molar refractivity (Wildman–Crippen MR) is 68.8 cm³/mol. The zero-order valence-corrected chi connectivity index (χ0v) is 11.6. The molecule has 1 rings (SSSR count). The van der Waals surface area contributed by atoms with Gasteiger partial charge in [0.05, 0.1) is 0 Å². The molecule has 2 amide bonds. The lowest BCUT2D eigenvalue weighted by Crippen LogP contribution is -2.31. The van der Waals surface area contributed by atoms with E-state index >= 15 is 0 Å². The highest BCUT2D eigenvalue weighted by atomic mass is 16.7. The average molecular weight is 270 g/mol. The zero-order chi connectivity index (χ0) is 14.3. The maximum Gasteiger partial charge on any atom is 0.333 e. The number of unbranched alkanes of at least 4 members (excludes halogenated alkanes) is 2. The van der Waals surface area contributed by atoms with Gasteiger partial charge in [0.15, 0.2) is 0 Å². The van der Waals surface area contributed by atoms with Crippen LogP contribution in [0.3, 0.4) is 0 Å². The SMILES string of the molecule is CC(C)NCCCCCC(=O)ON1C(=O)CCC1=O. The van der Waals surface area contributed by atoms with Gasteiger partial charge in [-0.1, -0.05) is 20.3 Å². The first-order valence-corrected chi connectivity index (χ1v) is 6.80. The van der Waals surface area contributed by atoms with Crippen LogP contribution in [0.25, 0.3) is 0 Å². The van der Waals surface area contributed by atoms with E-state index in [1.807, 2.05) is 0 Å². The summed E-state index contributed by atoms with van der Waals surface area (Å²) in [5, 5.41) is 3.89. The second-order valence-corrected chi connectivity index (χ2v) is 4.96. The van der Waals surface area contributed by atoms with Crippen LogP contribution in [0.1, 0.15) is 52.4 Å². The van der Waals surface area contributed by atoms with Gasteiger partial charge in [-0.25, -0.2) is 4.79 Å². The van der Waals surface area contributed by atoms with E-state index in [0.717, 1.165) is 19.4 Å². The normalized spacial score (nSPS) is 15.4. The monoisotopic (exact) mass is 270 g/mol. The fraction of sp³-hybridized carbons (Fsp3) is 0.769. The topological polar surface area (TPSA) is 75.7 Å². The molecule has 6 heteroatoms. The molecular weight excluding hydrogens is 248 g/mol. The van der Waals surface area contributed by atoms with Crippen molar-refractivity contribution in [1.29, 1.82) is 0 Å². The number of amides is 2. The zero-order valence-electron chi connectivity index (χ0n) is 11.6. The molecule has 1 fully saturated rings. The molecule has 0 atom stereocenters.